The molecule has 0 aliphatic heterocycles. The number of rotatable bonds is 12. The van der Waals surface area contributed by atoms with Crippen molar-refractivity contribution in [1.29, 1.82) is 0 Å². The number of benzene rings is 2. The molecule has 0 N–H and O–H groups in total. The molecular formula is C23H26Cr2O6-2. The average Bonchev–Trinajstić information content (AvgIpc) is 2.83. The monoisotopic (exact) mass is 502 g/mol. The molecule has 0 saturated heterocycles. The summed E-state index contributed by atoms with van der Waals surface area (Å²) in [5.41, 5.74) is 2.06. The molecule has 0 aliphatic rings. The van der Waals surface area contributed by atoms with Crippen molar-refractivity contribution in [1.82, 2.24) is 0 Å². The van der Waals surface area contributed by atoms with Crippen LogP contribution in [0.1, 0.15) is 25.0 Å². The molecule has 0 fully saturated rings. The van der Waals surface area contributed by atoms with Crippen LogP contribution in [0, 0.1) is 0 Å². The van der Waals surface area contributed by atoms with Crippen LogP contribution in [0.25, 0.3) is 0 Å². The second-order valence-corrected chi connectivity index (χ2v) is 6.23. The number of ether oxygens (including phenoxy) is 4. The van der Waals surface area contributed by atoms with E-state index in [9.17, 15) is 9.59 Å². The SMILES string of the molecule is CC(C)(c1ccc(OCCO[C-]=O)cc1)c1ccc(OCCO[C-]=O)cc1.[CH2]=[Cr].[CH2]=[Cr]. The summed E-state index contributed by atoms with van der Waals surface area (Å²) in [6, 6.07) is 15.6. The van der Waals surface area contributed by atoms with Crippen LogP contribution < -0.4 is 9.47 Å². The fourth-order valence-corrected chi connectivity index (χ4v) is 2.59. The molecule has 0 bridgehead atoms. The molecule has 2 aromatic carbocycles. The first-order chi connectivity index (χ1) is 15.1. The third-order valence-corrected chi connectivity index (χ3v) is 4.18. The maximum atomic E-state index is 9.98. The van der Waals surface area contributed by atoms with E-state index in [0.717, 1.165) is 11.1 Å². The Balaban J connectivity index is 0.00000212. The Morgan fingerprint density at radius 3 is 1.29 bits per heavy atom. The van der Waals surface area contributed by atoms with Crippen LogP contribution in [0.15, 0.2) is 48.5 Å². The molecule has 0 aliphatic carbocycles. The van der Waals surface area contributed by atoms with Gasteiger partial charge in [-0.05, 0) is 35.4 Å². The maximum absolute atomic E-state index is 9.98. The van der Waals surface area contributed by atoms with Crippen LogP contribution in [0.2, 0.25) is 0 Å². The fraction of sp³-hybridized carbons (Fsp3) is 0.304. The van der Waals surface area contributed by atoms with Gasteiger partial charge in [0.05, 0.1) is 13.2 Å². The second-order valence-electron chi connectivity index (χ2n) is 6.23. The molecule has 0 aromatic heterocycles. The van der Waals surface area contributed by atoms with Crippen molar-refractivity contribution in [2.45, 2.75) is 19.3 Å². The van der Waals surface area contributed by atoms with E-state index < -0.39 is 0 Å². The molecule has 8 heteroatoms. The first-order valence-electron chi connectivity index (χ1n) is 9.10. The molecule has 0 atom stereocenters. The summed E-state index contributed by atoms with van der Waals surface area (Å²) in [7, 11) is 0. The zero-order valence-electron chi connectivity index (χ0n) is 17.6. The van der Waals surface area contributed by atoms with Crippen LogP contribution in [-0.2, 0) is 56.2 Å². The van der Waals surface area contributed by atoms with Crippen molar-refractivity contribution in [3.05, 3.63) is 59.7 Å². The third-order valence-electron chi connectivity index (χ3n) is 4.18. The van der Waals surface area contributed by atoms with Gasteiger partial charge in [-0.2, -0.15) is 0 Å². The third kappa shape index (κ3) is 10.6. The standard InChI is InChI=1S/C21H22O6.2CH2.2Cr/c1-21(2,17-3-7-19(8-4-17)26-13-11-24-15-22)18-5-9-20(10-6-18)27-14-12-25-16-23;;;;/h3-10H,11-14H2,1-2H3;2*1H2;;/q-2;;;;. The van der Waals surface area contributed by atoms with Gasteiger partial charge in [-0.15, -0.1) is 0 Å². The molecule has 0 heterocycles. The van der Waals surface area contributed by atoms with Gasteiger partial charge in [-0.25, -0.2) is 0 Å². The van der Waals surface area contributed by atoms with Gasteiger partial charge in [0, 0.05) is 5.41 Å². The Bertz CT molecular complexity index is 684. The van der Waals surface area contributed by atoms with Crippen molar-refractivity contribution in [3.8, 4) is 11.5 Å². The number of hydrogen-bond donors (Lipinski definition) is 0. The molecule has 6 nitrogen and oxygen atoms in total. The van der Waals surface area contributed by atoms with E-state index in [0.29, 0.717) is 11.5 Å². The van der Waals surface area contributed by atoms with Gasteiger partial charge in [-0.3, -0.25) is 0 Å². The van der Waals surface area contributed by atoms with Crippen molar-refractivity contribution < 1.29 is 60.2 Å². The van der Waals surface area contributed by atoms with Gasteiger partial charge in [0.1, 0.15) is 24.7 Å². The molecule has 2 aromatic rings. The minimum absolute atomic E-state index is 0.171. The predicted molar refractivity (Wildman–Crippen MR) is 114 cm³/mol. The molecule has 0 unspecified atom stereocenters. The van der Waals surface area contributed by atoms with Crippen molar-refractivity contribution in [2.24, 2.45) is 0 Å². The Morgan fingerprint density at radius 2 is 1.00 bits per heavy atom. The predicted octanol–water partition coefficient (Wildman–Crippen LogP) is 2.87. The average molecular weight is 502 g/mol. The molecule has 31 heavy (non-hydrogen) atoms. The summed E-state index contributed by atoms with van der Waals surface area (Å²) >= 11 is 4.75. The quantitative estimate of drug-likeness (QED) is 0.329. The second kappa shape index (κ2) is 17.5. The van der Waals surface area contributed by atoms with Crippen LogP contribution >= 0.6 is 0 Å². The van der Waals surface area contributed by atoms with E-state index in [-0.39, 0.29) is 31.8 Å². The zero-order chi connectivity index (χ0) is 23.5. The van der Waals surface area contributed by atoms with Gasteiger partial charge >= 0.3 is 42.5 Å². The topological polar surface area (TPSA) is 71.1 Å². The molecule has 168 valence electrons. The van der Waals surface area contributed by atoms with E-state index in [1.54, 1.807) is 0 Å². The number of hydrogen-bond acceptors (Lipinski definition) is 6. The van der Waals surface area contributed by atoms with E-state index in [1.165, 1.54) is 12.9 Å². The first-order valence-corrected chi connectivity index (χ1v) is 10.9. The van der Waals surface area contributed by atoms with E-state index >= 15 is 0 Å². The van der Waals surface area contributed by atoms with Gasteiger partial charge in [-0.1, -0.05) is 51.1 Å². The Labute approximate surface area is 200 Å². The van der Waals surface area contributed by atoms with E-state index in [2.05, 4.69) is 65.8 Å². The fourth-order valence-electron chi connectivity index (χ4n) is 2.59. The number of carbonyl (C=O) groups excluding carboxylic acids is 2. The summed E-state index contributed by atoms with van der Waals surface area (Å²) in [5.74, 6) is 1.42. The van der Waals surface area contributed by atoms with Crippen molar-refractivity contribution in [3.63, 3.8) is 0 Å². The van der Waals surface area contributed by atoms with Gasteiger partial charge < -0.3 is 28.5 Å². The summed E-state index contributed by atoms with van der Waals surface area (Å²) < 4.78 is 19.9. The summed E-state index contributed by atoms with van der Waals surface area (Å²) in [4.78, 5) is 20.0. The minimum atomic E-state index is -0.206. The summed E-state index contributed by atoms with van der Waals surface area (Å²) in [6.07, 6.45) is 0. The van der Waals surface area contributed by atoms with E-state index in [4.69, 9.17) is 9.47 Å². The van der Waals surface area contributed by atoms with Crippen LogP contribution in [0.3, 0.4) is 0 Å². The van der Waals surface area contributed by atoms with Crippen LogP contribution in [-0.4, -0.2) is 50.1 Å². The van der Waals surface area contributed by atoms with Crippen LogP contribution in [0.4, 0.5) is 0 Å². The summed E-state index contributed by atoms with van der Waals surface area (Å²) in [6.45, 7) is 7.92. The van der Waals surface area contributed by atoms with Gasteiger partial charge in [0.2, 0.25) is 0 Å². The molecule has 0 radical (unpaired) electrons. The normalized spacial score (nSPS) is 9.61. The molecule has 0 saturated carbocycles. The van der Waals surface area contributed by atoms with Gasteiger partial charge in [0.25, 0.3) is 0 Å². The Kier molecular flexibility index (Phi) is 16.2. The molecule has 0 spiro atoms. The van der Waals surface area contributed by atoms with Crippen molar-refractivity contribution in [2.75, 3.05) is 26.4 Å². The summed E-state index contributed by atoms with van der Waals surface area (Å²) in [5, 5.41) is 6.25. The zero-order valence-corrected chi connectivity index (χ0v) is 20.2. The Hall–Kier alpha value is -2.22. The van der Waals surface area contributed by atoms with Crippen LogP contribution in [0.5, 0.6) is 11.5 Å². The molecular weight excluding hydrogens is 476 g/mol. The first kappa shape index (κ1) is 28.8. The van der Waals surface area contributed by atoms with E-state index in [1.807, 2.05) is 48.5 Å². The van der Waals surface area contributed by atoms with Crippen molar-refractivity contribution >= 4 is 23.7 Å². The molecule has 0 amide bonds. The van der Waals surface area contributed by atoms with Gasteiger partial charge in [0.15, 0.2) is 0 Å². The Morgan fingerprint density at radius 1 is 0.677 bits per heavy atom. The molecule has 2 rings (SSSR count).